The Labute approximate surface area is 210 Å². The van der Waals surface area contributed by atoms with Crippen molar-refractivity contribution in [1.82, 2.24) is 4.90 Å². The molecule has 36 heavy (non-hydrogen) atoms. The van der Waals surface area contributed by atoms with Crippen molar-refractivity contribution in [3.8, 4) is 16.9 Å². The predicted octanol–water partition coefficient (Wildman–Crippen LogP) is 5.78. The minimum atomic E-state index is -0.286. The minimum Gasteiger partial charge on any atom is -0.493 e. The van der Waals surface area contributed by atoms with Gasteiger partial charge in [-0.2, -0.15) is 0 Å². The normalized spacial score (nSPS) is 14.9. The van der Waals surface area contributed by atoms with Crippen LogP contribution in [0.5, 0.6) is 5.75 Å². The maximum absolute atomic E-state index is 13.0. The molecule has 0 aliphatic carbocycles. The number of fused-ring (bicyclic) bond motifs is 2. The number of furan rings is 1. The number of nitrogens with two attached hydrogens (primary N) is 1. The van der Waals surface area contributed by atoms with Crippen LogP contribution in [-0.4, -0.2) is 36.4 Å². The summed E-state index contributed by atoms with van der Waals surface area (Å²) in [5, 5.41) is 3.31. The van der Waals surface area contributed by atoms with Crippen LogP contribution in [0.2, 0.25) is 0 Å². The van der Waals surface area contributed by atoms with Crippen LogP contribution >= 0.6 is 0 Å². The lowest BCUT2D eigenvalue weighted by Crippen LogP contribution is -2.41. The van der Waals surface area contributed by atoms with Crippen molar-refractivity contribution >= 4 is 39.1 Å². The molecule has 2 N–H and O–H groups in total. The van der Waals surface area contributed by atoms with Crippen LogP contribution in [0.1, 0.15) is 32.3 Å². The summed E-state index contributed by atoms with van der Waals surface area (Å²) < 4.78 is 11.9. The van der Waals surface area contributed by atoms with Crippen molar-refractivity contribution in [2.45, 2.75) is 26.7 Å². The molecule has 1 saturated heterocycles. The highest BCUT2D eigenvalue weighted by molar-refractivity contribution is 6.01. The molecule has 2 heterocycles. The van der Waals surface area contributed by atoms with E-state index in [0.717, 1.165) is 38.6 Å². The zero-order valence-corrected chi connectivity index (χ0v) is 20.6. The molecule has 0 atom stereocenters. The van der Waals surface area contributed by atoms with Crippen LogP contribution < -0.4 is 10.5 Å². The minimum absolute atomic E-state index is 0.0695. The highest BCUT2D eigenvalue weighted by Gasteiger charge is 2.25. The van der Waals surface area contributed by atoms with E-state index in [-0.39, 0.29) is 17.7 Å². The van der Waals surface area contributed by atoms with Gasteiger partial charge in [-0.3, -0.25) is 9.59 Å². The number of allylic oxidation sites excluding steroid dienone is 1. The summed E-state index contributed by atoms with van der Waals surface area (Å²) in [5.74, 6) is 0.171. The SMILES string of the molecule is CCOc1cc2occ(-c3ccc4ccccc4c3)c2cc1/C(C)=C/C(=O)N1CCC(C(N)=O)CC1. The molecular weight excluding hydrogens is 452 g/mol. The molecule has 1 aromatic heterocycles. The van der Waals surface area contributed by atoms with Crippen molar-refractivity contribution in [1.29, 1.82) is 0 Å². The van der Waals surface area contributed by atoms with Gasteiger partial charge in [0.25, 0.3) is 0 Å². The zero-order chi connectivity index (χ0) is 25.2. The van der Waals surface area contributed by atoms with Gasteiger partial charge in [0.2, 0.25) is 11.8 Å². The summed E-state index contributed by atoms with van der Waals surface area (Å²) in [7, 11) is 0. The van der Waals surface area contributed by atoms with Gasteiger partial charge >= 0.3 is 0 Å². The molecule has 5 rings (SSSR count). The summed E-state index contributed by atoms with van der Waals surface area (Å²) in [5.41, 5.74) is 9.90. The van der Waals surface area contributed by atoms with E-state index in [1.165, 1.54) is 5.39 Å². The third kappa shape index (κ3) is 4.59. The van der Waals surface area contributed by atoms with Crippen LogP contribution in [0.4, 0.5) is 0 Å². The van der Waals surface area contributed by atoms with E-state index < -0.39 is 0 Å². The Morgan fingerprint density at radius 1 is 1.08 bits per heavy atom. The standard InChI is InChI=1S/C30H30N2O4/c1-3-35-27-17-28-25(26(18-36-28)23-9-8-20-6-4-5-7-22(20)15-23)16-24(27)19(2)14-29(33)32-12-10-21(11-13-32)30(31)34/h4-9,14-18,21H,3,10-13H2,1-2H3,(H2,31,34)/b19-14+. The molecule has 3 aromatic carbocycles. The Bertz CT molecular complexity index is 1480. The number of ether oxygens (including phenoxy) is 1. The summed E-state index contributed by atoms with van der Waals surface area (Å²) >= 11 is 0. The van der Waals surface area contributed by atoms with Crippen LogP contribution in [0.15, 0.2) is 71.4 Å². The molecule has 6 nitrogen and oxygen atoms in total. The second kappa shape index (κ2) is 9.90. The number of piperidine rings is 1. The van der Waals surface area contributed by atoms with Gasteiger partial charge in [-0.05, 0) is 60.7 Å². The number of benzene rings is 3. The summed E-state index contributed by atoms with van der Waals surface area (Å²) in [6, 6.07) is 18.6. The number of hydrogen-bond acceptors (Lipinski definition) is 4. The highest BCUT2D eigenvalue weighted by Crippen LogP contribution is 2.38. The van der Waals surface area contributed by atoms with Crippen LogP contribution in [-0.2, 0) is 9.59 Å². The van der Waals surface area contributed by atoms with Crippen LogP contribution in [0.3, 0.4) is 0 Å². The summed E-state index contributed by atoms with van der Waals surface area (Å²) in [4.78, 5) is 26.3. The monoisotopic (exact) mass is 482 g/mol. The Balaban J connectivity index is 1.50. The van der Waals surface area contributed by atoms with E-state index in [1.54, 1.807) is 17.2 Å². The van der Waals surface area contributed by atoms with E-state index in [0.29, 0.717) is 38.3 Å². The van der Waals surface area contributed by atoms with Crippen molar-refractivity contribution < 1.29 is 18.7 Å². The number of carbonyl (C=O) groups is 2. The lowest BCUT2D eigenvalue weighted by atomic mass is 9.95. The van der Waals surface area contributed by atoms with Crippen molar-refractivity contribution in [2.75, 3.05) is 19.7 Å². The third-order valence-electron chi connectivity index (χ3n) is 7.01. The van der Waals surface area contributed by atoms with Crippen LogP contribution in [0, 0.1) is 5.92 Å². The first-order chi connectivity index (χ1) is 17.4. The van der Waals surface area contributed by atoms with Gasteiger partial charge in [0.05, 0.1) is 12.9 Å². The van der Waals surface area contributed by atoms with E-state index in [2.05, 4.69) is 30.3 Å². The molecular formula is C30H30N2O4. The fraction of sp³-hybridized carbons (Fsp3) is 0.267. The van der Waals surface area contributed by atoms with Crippen molar-refractivity contribution in [2.24, 2.45) is 11.7 Å². The average molecular weight is 483 g/mol. The van der Waals surface area contributed by atoms with Crippen molar-refractivity contribution in [3.63, 3.8) is 0 Å². The number of primary amides is 1. The maximum atomic E-state index is 13.0. The maximum Gasteiger partial charge on any atom is 0.246 e. The largest absolute Gasteiger partial charge is 0.493 e. The lowest BCUT2D eigenvalue weighted by Gasteiger charge is -2.30. The van der Waals surface area contributed by atoms with Gasteiger partial charge in [-0.15, -0.1) is 0 Å². The quantitative estimate of drug-likeness (QED) is 0.353. The van der Waals surface area contributed by atoms with E-state index in [1.807, 2.05) is 38.1 Å². The molecule has 0 unspecified atom stereocenters. The fourth-order valence-electron chi connectivity index (χ4n) is 4.96. The molecule has 0 radical (unpaired) electrons. The first kappa shape index (κ1) is 23.7. The third-order valence-corrected chi connectivity index (χ3v) is 7.01. The van der Waals surface area contributed by atoms with Gasteiger partial charge in [0.1, 0.15) is 11.3 Å². The number of rotatable bonds is 6. The topological polar surface area (TPSA) is 85.8 Å². The van der Waals surface area contributed by atoms with E-state index in [4.69, 9.17) is 14.9 Å². The van der Waals surface area contributed by atoms with E-state index in [9.17, 15) is 9.59 Å². The molecule has 6 heteroatoms. The molecule has 1 aliphatic heterocycles. The molecule has 4 aromatic rings. The molecule has 1 fully saturated rings. The van der Waals surface area contributed by atoms with Gasteiger partial charge in [0, 0.05) is 47.7 Å². The van der Waals surface area contributed by atoms with Gasteiger partial charge < -0.3 is 19.8 Å². The predicted molar refractivity (Wildman–Crippen MR) is 142 cm³/mol. The number of nitrogens with zero attached hydrogens (tertiary/aromatic N) is 1. The van der Waals surface area contributed by atoms with Crippen LogP contribution in [0.25, 0.3) is 38.4 Å². The molecule has 184 valence electrons. The molecule has 0 spiro atoms. The van der Waals surface area contributed by atoms with Gasteiger partial charge in [-0.25, -0.2) is 0 Å². The average Bonchev–Trinajstić information content (AvgIpc) is 3.31. The smallest absolute Gasteiger partial charge is 0.246 e. The Hall–Kier alpha value is -4.06. The number of hydrogen-bond donors (Lipinski definition) is 1. The molecule has 2 amide bonds. The second-order valence-electron chi connectivity index (χ2n) is 9.32. The van der Waals surface area contributed by atoms with E-state index >= 15 is 0 Å². The number of amides is 2. The first-order valence-electron chi connectivity index (χ1n) is 12.4. The Morgan fingerprint density at radius 2 is 1.83 bits per heavy atom. The molecule has 0 saturated carbocycles. The van der Waals surface area contributed by atoms with Gasteiger partial charge in [-0.1, -0.05) is 36.4 Å². The Morgan fingerprint density at radius 3 is 2.56 bits per heavy atom. The van der Waals surface area contributed by atoms with Crippen molar-refractivity contribution in [3.05, 3.63) is 72.5 Å². The molecule has 0 bridgehead atoms. The Kier molecular flexibility index (Phi) is 6.51. The number of likely N-dealkylation sites (tertiary alicyclic amines) is 1. The highest BCUT2D eigenvalue weighted by atomic mass is 16.5. The summed E-state index contributed by atoms with van der Waals surface area (Å²) in [6.45, 7) is 5.42. The fourth-order valence-corrected chi connectivity index (χ4v) is 4.96. The lowest BCUT2D eigenvalue weighted by molar-refractivity contribution is -0.130. The first-order valence-corrected chi connectivity index (χ1v) is 12.4. The second-order valence-corrected chi connectivity index (χ2v) is 9.32. The van der Waals surface area contributed by atoms with Gasteiger partial charge in [0.15, 0.2) is 0 Å². The molecule has 1 aliphatic rings. The summed E-state index contributed by atoms with van der Waals surface area (Å²) in [6.07, 6.45) is 4.65. The number of carbonyl (C=O) groups excluding carboxylic acids is 2. The zero-order valence-electron chi connectivity index (χ0n) is 20.6.